The molecule has 0 aliphatic heterocycles. The first-order valence-electron chi connectivity index (χ1n) is 5.27. The Kier molecular flexibility index (Phi) is 2.60. The highest BCUT2D eigenvalue weighted by atomic mass is 16.1. The summed E-state index contributed by atoms with van der Waals surface area (Å²) in [5.74, 6) is 0. The van der Waals surface area contributed by atoms with Crippen molar-refractivity contribution >= 4 is 0 Å². The third-order valence-electron chi connectivity index (χ3n) is 2.58. The number of aromatic nitrogens is 2. The topological polar surface area (TPSA) is 25.9 Å². The van der Waals surface area contributed by atoms with Gasteiger partial charge in [-0.3, -0.25) is 4.79 Å². The second-order valence-electron chi connectivity index (χ2n) is 4.04. The SMILES string of the molecule is Cc1cc[n+](-n2c(C)cc(=O)cc2C)cc1. The quantitative estimate of drug-likeness (QED) is 0.660. The van der Waals surface area contributed by atoms with Gasteiger partial charge in [0.1, 0.15) is 0 Å². The molecule has 82 valence electrons. The minimum atomic E-state index is 0.0546. The molecule has 2 rings (SSSR count). The summed E-state index contributed by atoms with van der Waals surface area (Å²) in [6.45, 7) is 5.91. The van der Waals surface area contributed by atoms with Crippen LogP contribution in [0, 0.1) is 20.8 Å². The van der Waals surface area contributed by atoms with Crippen LogP contribution >= 0.6 is 0 Å². The number of nitrogens with zero attached hydrogens (tertiary/aromatic N) is 2. The maximum Gasteiger partial charge on any atom is 0.200 e. The van der Waals surface area contributed by atoms with Gasteiger partial charge in [-0.15, -0.1) is 4.68 Å². The zero-order chi connectivity index (χ0) is 11.7. The van der Waals surface area contributed by atoms with Crippen LogP contribution in [-0.2, 0) is 0 Å². The molecule has 0 radical (unpaired) electrons. The molecular weight excluding hydrogens is 200 g/mol. The highest BCUT2D eigenvalue weighted by Crippen LogP contribution is 1.98. The van der Waals surface area contributed by atoms with Gasteiger partial charge in [0.05, 0.1) is 11.4 Å². The molecule has 0 saturated carbocycles. The van der Waals surface area contributed by atoms with Crippen molar-refractivity contribution in [2.45, 2.75) is 20.8 Å². The molecule has 3 heteroatoms. The van der Waals surface area contributed by atoms with Gasteiger partial charge in [-0.05, 0) is 26.3 Å². The van der Waals surface area contributed by atoms with E-state index in [0.29, 0.717) is 0 Å². The molecule has 0 bridgehead atoms. The summed E-state index contributed by atoms with van der Waals surface area (Å²) in [4.78, 5) is 11.3. The molecule has 0 fully saturated rings. The van der Waals surface area contributed by atoms with Crippen molar-refractivity contribution in [3.05, 3.63) is 63.8 Å². The van der Waals surface area contributed by atoms with Crippen LogP contribution in [0.5, 0.6) is 0 Å². The minimum Gasteiger partial charge on any atom is -0.290 e. The number of rotatable bonds is 1. The molecule has 0 unspecified atom stereocenters. The van der Waals surface area contributed by atoms with E-state index in [4.69, 9.17) is 0 Å². The van der Waals surface area contributed by atoms with Crippen molar-refractivity contribution in [2.75, 3.05) is 0 Å². The molecule has 2 aromatic rings. The van der Waals surface area contributed by atoms with Crippen LogP contribution in [0.4, 0.5) is 0 Å². The van der Waals surface area contributed by atoms with Crippen molar-refractivity contribution in [1.82, 2.24) is 4.68 Å². The van der Waals surface area contributed by atoms with Gasteiger partial charge in [0.25, 0.3) is 0 Å². The lowest BCUT2D eigenvalue weighted by Gasteiger charge is -2.07. The van der Waals surface area contributed by atoms with E-state index < -0.39 is 0 Å². The van der Waals surface area contributed by atoms with Gasteiger partial charge in [0, 0.05) is 24.3 Å². The summed E-state index contributed by atoms with van der Waals surface area (Å²) < 4.78 is 3.97. The number of aryl methyl sites for hydroxylation is 3. The first-order chi connectivity index (χ1) is 7.58. The Morgan fingerprint density at radius 1 is 1.00 bits per heavy atom. The van der Waals surface area contributed by atoms with E-state index in [-0.39, 0.29) is 5.43 Å². The van der Waals surface area contributed by atoms with Crippen molar-refractivity contribution in [3.8, 4) is 0 Å². The van der Waals surface area contributed by atoms with Crippen LogP contribution in [-0.4, -0.2) is 4.68 Å². The Labute approximate surface area is 94.6 Å². The third-order valence-corrected chi connectivity index (χ3v) is 2.58. The summed E-state index contributed by atoms with van der Waals surface area (Å²) >= 11 is 0. The molecule has 0 aromatic carbocycles. The van der Waals surface area contributed by atoms with E-state index >= 15 is 0 Å². The molecule has 2 heterocycles. The number of hydrogen-bond acceptors (Lipinski definition) is 1. The largest absolute Gasteiger partial charge is 0.290 e. The van der Waals surface area contributed by atoms with Gasteiger partial charge in [0.15, 0.2) is 5.43 Å². The lowest BCUT2D eigenvalue weighted by atomic mass is 10.3. The Bertz CT molecular complexity index is 541. The third kappa shape index (κ3) is 1.89. The summed E-state index contributed by atoms with van der Waals surface area (Å²) in [6, 6.07) is 7.35. The monoisotopic (exact) mass is 215 g/mol. The zero-order valence-corrected chi connectivity index (χ0v) is 9.77. The van der Waals surface area contributed by atoms with E-state index in [1.807, 2.05) is 47.7 Å². The fraction of sp³-hybridized carbons (Fsp3) is 0.231. The molecule has 0 aliphatic rings. The number of pyridine rings is 2. The van der Waals surface area contributed by atoms with Gasteiger partial charge in [-0.25, -0.2) is 0 Å². The normalized spacial score (nSPS) is 10.4. The van der Waals surface area contributed by atoms with Crippen LogP contribution in [0.25, 0.3) is 0 Å². The predicted molar refractivity (Wildman–Crippen MR) is 62.3 cm³/mol. The van der Waals surface area contributed by atoms with Gasteiger partial charge in [-0.2, -0.15) is 0 Å². The highest BCUT2D eigenvalue weighted by Gasteiger charge is 2.09. The molecule has 0 amide bonds. The molecule has 2 aromatic heterocycles. The maximum atomic E-state index is 11.3. The van der Waals surface area contributed by atoms with Crippen LogP contribution in [0.1, 0.15) is 17.0 Å². The molecule has 0 saturated heterocycles. The Balaban J connectivity index is 2.64. The van der Waals surface area contributed by atoms with Crippen LogP contribution in [0.3, 0.4) is 0 Å². The Morgan fingerprint density at radius 2 is 1.50 bits per heavy atom. The first kappa shape index (κ1) is 10.6. The van der Waals surface area contributed by atoms with E-state index in [2.05, 4.69) is 6.92 Å². The van der Waals surface area contributed by atoms with Crippen molar-refractivity contribution in [3.63, 3.8) is 0 Å². The van der Waals surface area contributed by atoms with Crippen LogP contribution < -0.4 is 10.1 Å². The van der Waals surface area contributed by atoms with Crippen molar-refractivity contribution < 1.29 is 4.68 Å². The second-order valence-corrected chi connectivity index (χ2v) is 4.04. The Hall–Kier alpha value is -1.90. The lowest BCUT2D eigenvalue weighted by molar-refractivity contribution is -0.729. The average molecular weight is 215 g/mol. The molecule has 3 nitrogen and oxygen atoms in total. The Morgan fingerprint density at radius 3 is 2.00 bits per heavy atom. The summed E-state index contributed by atoms with van der Waals surface area (Å²) in [6.07, 6.45) is 3.97. The van der Waals surface area contributed by atoms with Crippen LogP contribution in [0.2, 0.25) is 0 Å². The molecule has 16 heavy (non-hydrogen) atoms. The highest BCUT2D eigenvalue weighted by molar-refractivity contribution is 5.11. The van der Waals surface area contributed by atoms with Crippen molar-refractivity contribution in [2.24, 2.45) is 0 Å². The average Bonchev–Trinajstić information content (AvgIpc) is 2.19. The lowest BCUT2D eigenvalue weighted by Crippen LogP contribution is -2.44. The van der Waals surface area contributed by atoms with Gasteiger partial charge in [0.2, 0.25) is 12.4 Å². The maximum absolute atomic E-state index is 11.3. The zero-order valence-electron chi connectivity index (χ0n) is 9.77. The standard InChI is InChI=1S/C13H15N2O/c1-10-4-6-14(7-5-10)15-11(2)8-13(16)9-12(15)3/h4-9H,1-3H3/q+1. The number of hydrogen-bond donors (Lipinski definition) is 0. The fourth-order valence-electron chi connectivity index (χ4n) is 1.84. The fourth-order valence-corrected chi connectivity index (χ4v) is 1.84. The minimum absolute atomic E-state index is 0.0546. The molecule has 0 aliphatic carbocycles. The van der Waals surface area contributed by atoms with Gasteiger partial charge >= 0.3 is 0 Å². The first-order valence-corrected chi connectivity index (χ1v) is 5.27. The van der Waals surface area contributed by atoms with E-state index in [9.17, 15) is 4.79 Å². The van der Waals surface area contributed by atoms with Crippen molar-refractivity contribution in [1.29, 1.82) is 0 Å². The predicted octanol–water partition coefficient (Wildman–Crippen LogP) is 1.37. The summed E-state index contributed by atoms with van der Waals surface area (Å²) in [5.41, 5.74) is 3.13. The van der Waals surface area contributed by atoms with Gasteiger partial charge in [-0.1, -0.05) is 4.68 Å². The van der Waals surface area contributed by atoms with E-state index in [1.54, 1.807) is 12.1 Å². The van der Waals surface area contributed by atoms with Gasteiger partial charge < -0.3 is 0 Å². The summed E-state index contributed by atoms with van der Waals surface area (Å²) in [5, 5.41) is 0. The van der Waals surface area contributed by atoms with Crippen LogP contribution in [0.15, 0.2) is 41.5 Å². The molecule has 0 N–H and O–H groups in total. The summed E-state index contributed by atoms with van der Waals surface area (Å²) in [7, 11) is 0. The van der Waals surface area contributed by atoms with E-state index in [1.165, 1.54) is 5.56 Å². The molecule has 0 atom stereocenters. The molecule has 0 spiro atoms. The second kappa shape index (κ2) is 3.93. The molecular formula is C13H15N2O+. The van der Waals surface area contributed by atoms with E-state index in [0.717, 1.165) is 11.4 Å². The smallest absolute Gasteiger partial charge is 0.200 e.